The quantitative estimate of drug-likeness (QED) is 0.464. The lowest BCUT2D eigenvalue weighted by molar-refractivity contribution is -0.348. The highest BCUT2D eigenvalue weighted by molar-refractivity contribution is 6.13. The van der Waals surface area contributed by atoms with Crippen LogP contribution in [0.4, 0.5) is 46.0 Å². The maximum absolute atomic E-state index is 14.5. The molecular formula is C19H13F7N4O3. The summed E-state index contributed by atoms with van der Waals surface area (Å²) in [6, 6.07) is 3.08. The Morgan fingerprint density at radius 3 is 2.33 bits per heavy atom. The Labute approximate surface area is 181 Å². The van der Waals surface area contributed by atoms with Crippen LogP contribution in [0.1, 0.15) is 16.7 Å². The first-order valence-electron chi connectivity index (χ1n) is 8.90. The summed E-state index contributed by atoms with van der Waals surface area (Å²) in [6.45, 7) is -0.655. The molecule has 0 saturated heterocycles. The van der Waals surface area contributed by atoms with E-state index in [4.69, 9.17) is 0 Å². The van der Waals surface area contributed by atoms with Gasteiger partial charge in [-0.05, 0) is 23.8 Å². The number of hydrogen-bond acceptors (Lipinski definition) is 5. The second kappa shape index (κ2) is 8.33. The van der Waals surface area contributed by atoms with Crippen molar-refractivity contribution in [2.24, 2.45) is 5.10 Å². The summed E-state index contributed by atoms with van der Waals surface area (Å²) in [7, 11) is 0.904. The minimum Gasteiger partial charge on any atom is -0.452 e. The van der Waals surface area contributed by atoms with Gasteiger partial charge in [-0.2, -0.15) is 36.3 Å². The van der Waals surface area contributed by atoms with Gasteiger partial charge in [-0.25, -0.2) is 19.0 Å². The number of nitrogens with zero attached hydrogens (tertiary/aromatic N) is 4. The van der Waals surface area contributed by atoms with E-state index in [0.29, 0.717) is 21.5 Å². The summed E-state index contributed by atoms with van der Waals surface area (Å²) in [5.41, 5.74) is -7.84. The highest BCUT2D eigenvalue weighted by Gasteiger charge is 2.73. The third kappa shape index (κ3) is 4.19. The Morgan fingerprint density at radius 1 is 1.12 bits per heavy atom. The van der Waals surface area contributed by atoms with Crippen molar-refractivity contribution in [3.63, 3.8) is 0 Å². The van der Waals surface area contributed by atoms with Crippen molar-refractivity contribution in [3.05, 3.63) is 59.4 Å². The lowest BCUT2D eigenvalue weighted by atomic mass is 9.91. The van der Waals surface area contributed by atoms with Gasteiger partial charge in [0.25, 0.3) is 0 Å². The number of pyridine rings is 1. The maximum Gasteiger partial charge on any atom is 0.435 e. The van der Waals surface area contributed by atoms with Crippen molar-refractivity contribution in [2.45, 2.75) is 24.6 Å². The molecule has 2 heterocycles. The van der Waals surface area contributed by atoms with Gasteiger partial charge in [0, 0.05) is 23.5 Å². The lowest BCUT2D eigenvalue weighted by Gasteiger charge is -2.34. The molecule has 0 bridgehead atoms. The summed E-state index contributed by atoms with van der Waals surface area (Å²) < 4.78 is 97.9. The molecule has 14 heteroatoms. The number of methoxy groups -OCH3 is 1. The van der Waals surface area contributed by atoms with E-state index in [1.165, 1.54) is 18.5 Å². The van der Waals surface area contributed by atoms with E-state index in [2.05, 4.69) is 14.8 Å². The number of aromatic nitrogens is 1. The van der Waals surface area contributed by atoms with Crippen LogP contribution in [0.15, 0.2) is 47.8 Å². The van der Waals surface area contributed by atoms with Crippen molar-refractivity contribution < 1.29 is 45.1 Å². The molecule has 176 valence electrons. The molecule has 0 spiro atoms. The molecule has 0 fully saturated rings. The van der Waals surface area contributed by atoms with E-state index in [9.17, 15) is 40.3 Å². The number of fused-ring (bicyclic) bond motifs is 1. The molecule has 1 aromatic heterocycles. The number of urea groups is 1. The number of amides is 3. The molecule has 0 aliphatic carbocycles. The summed E-state index contributed by atoms with van der Waals surface area (Å²) >= 11 is 0. The molecule has 0 saturated carbocycles. The summed E-state index contributed by atoms with van der Waals surface area (Å²) in [6.07, 6.45) is -10.0. The molecule has 3 rings (SSSR count). The first kappa shape index (κ1) is 23.9. The Hall–Kier alpha value is -3.71. The topological polar surface area (TPSA) is 75.1 Å². The smallest absolute Gasteiger partial charge is 0.435 e. The van der Waals surface area contributed by atoms with Gasteiger partial charge in [-0.15, -0.1) is 0 Å². The number of hydrazone groups is 1. The van der Waals surface area contributed by atoms with E-state index in [1.807, 2.05) is 0 Å². The fourth-order valence-corrected chi connectivity index (χ4v) is 3.03. The van der Waals surface area contributed by atoms with E-state index < -0.39 is 47.8 Å². The molecular weight excluding hydrogens is 465 g/mol. The molecule has 0 atom stereocenters. The minimum absolute atomic E-state index is 0.206. The number of alkyl halides is 7. The van der Waals surface area contributed by atoms with Crippen LogP contribution in [0.3, 0.4) is 0 Å². The maximum atomic E-state index is 14.5. The number of hydrogen-bond donors (Lipinski definition) is 0. The molecule has 0 unspecified atom stereocenters. The Balaban J connectivity index is 2.11. The fraction of sp³-hybridized carbons (Fsp3) is 0.263. The molecule has 3 amide bonds. The van der Waals surface area contributed by atoms with Crippen LogP contribution in [-0.2, 0) is 17.0 Å². The van der Waals surface area contributed by atoms with Gasteiger partial charge in [0.1, 0.15) is 0 Å². The number of anilines is 1. The van der Waals surface area contributed by atoms with Gasteiger partial charge in [0.15, 0.2) is 0 Å². The van der Waals surface area contributed by atoms with Crippen LogP contribution in [0.5, 0.6) is 0 Å². The standard InChI is InChI=1S/C19H13F7N4O3/c1-33-16(32)30-14-5-4-13(17(20,18(21,22)23)19(24,25)26)7-12(14)10-29(15(30)31)28-9-11-3-2-6-27-8-11/h2-9H,10H2,1H3. The molecule has 0 radical (unpaired) electrons. The molecule has 1 aliphatic rings. The average molecular weight is 478 g/mol. The number of imide groups is 1. The number of halogens is 7. The number of benzene rings is 1. The predicted octanol–water partition coefficient (Wildman–Crippen LogP) is 4.91. The zero-order chi connectivity index (χ0) is 24.6. The van der Waals surface area contributed by atoms with Crippen LogP contribution >= 0.6 is 0 Å². The monoisotopic (exact) mass is 478 g/mol. The SMILES string of the molecule is COC(=O)N1C(=O)N(N=Cc2cccnc2)Cc2cc(C(F)(C(F)(F)F)C(F)(F)F)ccc21. The van der Waals surface area contributed by atoms with E-state index in [0.717, 1.165) is 13.3 Å². The first-order valence-corrected chi connectivity index (χ1v) is 8.90. The normalized spacial score (nSPS) is 15.1. The molecule has 7 nitrogen and oxygen atoms in total. The van der Waals surface area contributed by atoms with Crippen LogP contribution in [0.2, 0.25) is 0 Å². The van der Waals surface area contributed by atoms with E-state index in [1.54, 1.807) is 6.07 Å². The van der Waals surface area contributed by atoms with Crippen molar-refractivity contribution in [1.29, 1.82) is 0 Å². The summed E-state index contributed by atoms with van der Waals surface area (Å²) in [4.78, 5) is 29.0. The Kier molecular flexibility index (Phi) is 6.04. The largest absolute Gasteiger partial charge is 0.452 e. The number of ether oxygens (including phenoxy) is 1. The van der Waals surface area contributed by atoms with Gasteiger partial charge >= 0.3 is 30.1 Å². The Bertz CT molecular complexity index is 1070. The zero-order valence-corrected chi connectivity index (χ0v) is 16.5. The second-order valence-electron chi connectivity index (χ2n) is 6.67. The molecule has 1 aliphatic heterocycles. The zero-order valence-electron chi connectivity index (χ0n) is 16.5. The second-order valence-corrected chi connectivity index (χ2v) is 6.67. The van der Waals surface area contributed by atoms with Gasteiger partial charge in [0.2, 0.25) is 0 Å². The minimum atomic E-state index is -6.33. The van der Waals surface area contributed by atoms with Gasteiger partial charge in [0.05, 0.1) is 25.6 Å². The summed E-state index contributed by atoms with van der Waals surface area (Å²) in [5, 5.41) is 4.42. The van der Waals surface area contributed by atoms with E-state index >= 15 is 0 Å². The Morgan fingerprint density at radius 2 is 1.79 bits per heavy atom. The predicted molar refractivity (Wildman–Crippen MR) is 99.0 cm³/mol. The highest BCUT2D eigenvalue weighted by Crippen LogP contribution is 2.53. The number of carbonyl (C=O) groups excluding carboxylic acids is 2. The summed E-state index contributed by atoms with van der Waals surface area (Å²) in [5.74, 6) is 0. The third-order valence-corrected chi connectivity index (χ3v) is 4.62. The van der Waals surface area contributed by atoms with Crippen molar-refractivity contribution >= 4 is 24.0 Å². The number of rotatable bonds is 3. The van der Waals surface area contributed by atoms with Gasteiger partial charge in [-0.3, -0.25) is 4.98 Å². The van der Waals surface area contributed by atoms with Crippen molar-refractivity contribution in [1.82, 2.24) is 9.99 Å². The van der Waals surface area contributed by atoms with Crippen LogP contribution in [0, 0.1) is 0 Å². The molecule has 0 N–H and O–H groups in total. The third-order valence-electron chi connectivity index (χ3n) is 4.62. The van der Waals surface area contributed by atoms with Crippen LogP contribution < -0.4 is 4.90 Å². The molecule has 33 heavy (non-hydrogen) atoms. The van der Waals surface area contributed by atoms with Crippen LogP contribution in [0.25, 0.3) is 0 Å². The lowest BCUT2D eigenvalue weighted by Crippen LogP contribution is -2.51. The van der Waals surface area contributed by atoms with Crippen molar-refractivity contribution in [3.8, 4) is 0 Å². The average Bonchev–Trinajstić information content (AvgIpc) is 2.75. The van der Waals surface area contributed by atoms with Gasteiger partial charge < -0.3 is 4.74 Å². The highest BCUT2D eigenvalue weighted by atomic mass is 19.4. The molecule has 2 aromatic rings. The number of carbonyl (C=O) groups is 2. The molecule has 1 aromatic carbocycles. The van der Waals surface area contributed by atoms with Crippen molar-refractivity contribution in [2.75, 3.05) is 12.0 Å². The van der Waals surface area contributed by atoms with Crippen LogP contribution in [-0.4, -0.2) is 47.8 Å². The fourth-order valence-electron chi connectivity index (χ4n) is 3.03. The van der Waals surface area contributed by atoms with E-state index in [-0.39, 0.29) is 17.8 Å². The first-order chi connectivity index (χ1) is 15.3. The van der Waals surface area contributed by atoms with Gasteiger partial charge in [-0.1, -0.05) is 12.1 Å².